The van der Waals surface area contributed by atoms with Gasteiger partial charge in [-0.1, -0.05) is 0 Å². The zero-order chi connectivity index (χ0) is 10.7. The summed E-state index contributed by atoms with van der Waals surface area (Å²) in [6.45, 7) is 3.88. The minimum absolute atomic E-state index is 0. The van der Waals surface area contributed by atoms with E-state index >= 15 is 0 Å². The summed E-state index contributed by atoms with van der Waals surface area (Å²) in [7, 11) is 0. The van der Waals surface area contributed by atoms with E-state index in [0.717, 1.165) is 32.4 Å². The van der Waals surface area contributed by atoms with Crippen molar-refractivity contribution >= 4 is 30.1 Å². The van der Waals surface area contributed by atoms with Crippen LogP contribution in [0.4, 0.5) is 0 Å². The van der Waals surface area contributed by atoms with Gasteiger partial charge in [0.25, 0.3) is 0 Å². The number of nitrogens with one attached hydrogen (secondary N) is 2. The third-order valence-corrected chi connectivity index (χ3v) is 4.52. The maximum Gasteiger partial charge on any atom is 0.227 e. The van der Waals surface area contributed by atoms with E-state index in [0.29, 0.717) is 6.04 Å². The summed E-state index contributed by atoms with van der Waals surface area (Å²) in [4.78, 5) is 12.1. The van der Waals surface area contributed by atoms with Crippen molar-refractivity contribution in [3.63, 3.8) is 0 Å². The van der Waals surface area contributed by atoms with Gasteiger partial charge in [0.15, 0.2) is 0 Å². The van der Waals surface area contributed by atoms with Gasteiger partial charge < -0.3 is 10.6 Å². The number of carbonyl (C=O) groups is 1. The number of hydrogen-bond acceptors (Lipinski definition) is 3. The van der Waals surface area contributed by atoms with Crippen LogP contribution in [-0.2, 0) is 4.79 Å². The number of halogens is 1. The molecule has 2 aliphatic heterocycles. The van der Waals surface area contributed by atoms with Gasteiger partial charge in [0.05, 0.1) is 5.41 Å². The molecule has 0 aromatic heterocycles. The van der Waals surface area contributed by atoms with Crippen LogP contribution in [-0.4, -0.2) is 36.5 Å². The van der Waals surface area contributed by atoms with Crippen LogP contribution in [0.1, 0.15) is 26.2 Å². The molecule has 1 unspecified atom stereocenters. The Hall–Kier alpha value is 0.0700. The zero-order valence-corrected chi connectivity index (χ0v) is 11.4. The zero-order valence-electron chi connectivity index (χ0n) is 9.75. The SMILES string of the molecule is CC1(C(=O)NC2CCSCC2)CCNC1.Cl. The van der Waals surface area contributed by atoms with Gasteiger partial charge in [-0.25, -0.2) is 0 Å². The molecule has 0 bridgehead atoms. The van der Waals surface area contributed by atoms with Crippen LogP contribution >= 0.6 is 24.2 Å². The Bertz CT molecular complexity index is 238. The van der Waals surface area contributed by atoms with E-state index in [1.807, 2.05) is 11.8 Å². The summed E-state index contributed by atoms with van der Waals surface area (Å²) in [5.41, 5.74) is -0.162. The normalized spacial score (nSPS) is 30.8. The standard InChI is InChI=1S/C11H20N2OS.ClH/c1-11(4-5-12-8-11)10(14)13-9-2-6-15-7-3-9;/h9,12H,2-8H2,1H3,(H,13,14);1H. The molecule has 0 aromatic rings. The number of thioether (sulfide) groups is 1. The predicted octanol–water partition coefficient (Wildman–Crippen LogP) is 1.42. The number of rotatable bonds is 2. The molecule has 0 saturated carbocycles. The fourth-order valence-electron chi connectivity index (χ4n) is 2.21. The van der Waals surface area contributed by atoms with Crippen molar-refractivity contribution in [1.82, 2.24) is 10.6 Å². The van der Waals surface area contributed by atoms with Crippen molar-refractivity contribution in [2.45, 2.75) is 32.2 Å². The molecule has 0 radical (unpaired) electrons. The van der Waals surface area contributed by atoms with Gasteiger partial charge in [0.2, 0.25) is 5.91 Å². The van der Waals surface area contributed by atoms with Crippen molar-refractivity contribution < 1.29 is 4.79 Å². The first kappa shape index (κ1) is 14.1. The van der Waals surface area contributed by atoms with Crippen LogP contribution in [0.25, 0.3) is 0 Å². The highest BCUT2D eigenvalue weighted by molar-refractivity contribution is 7.99. The van der Waals surface area contributed by atoms with E-state index in [9.17, 15) is 4.79 Å². The molecule has 2 fully saturated rings. The third kappa shape index (κ3) is 3.28. The lowest BCUT2D eigenvalue weighted by atomic mass is 9.88. The van der Waals surface area contributed by atoms with Crippen LogP contribution in [0.3, 0.4) is 0 Å². The Labute approximate surface area is 108 Å². The van der Waals surface area contributed by atoms with Crippen molar-refractivity contribution in [2.24, 2.45) is 5.41 Å². The molecule has 3 nitrogen and oxygen atoms in total. The molecule has 2 heterocycles. The van der Waals surface area contributed by atoms with E-state index < -0.39 is 0 Å². The molecule has 2 aliphatic rings. The van der Waals surface area contributed by atoms with Gasteiger partial charge in [-0.3, -0.25) is 4.79 Å². The predicted molar refractivity (Wildman–Crippen MR) is 71.3 cm³/mol. The Morgan fingerprint density at radius 2 is 2.12 bits per heavy atom. The number of carbonyl (C=O) groups excluding carboxylic acids is 1. The van der Waals surface area contributed by atoms with E-state index in [-0.39, 0.29) is 23.7 Å². The van der Waals surface area contributed by atoms with Crippen molar-refractivity contribution in [1.29, 1.82) is 0 Å². The highest BCUT2D eigenvalue weighted by atomic mass is 35.5. The molecule has 94 valence electrons. The fourth-order valence-corrected chi connectivity index (χ4v) is 3.32. The number of amides is 1. The van der Waals surface area contributed by atoms with Crippen LogP contribution < -0.4 is 10.6 Å². The molecule has 0 aliphatic carbocycles. The molecule has 0 aromatic carbocycles. The molecule has 2 saturated heterocycles. The first-order chi connectivity index (χ1) is 7.21. The second-order valence-electron chi connectivity index (χ2n) is 4.85. The molecular formula is C11H21ClN2OS. The van der Waals surface area contributed by atoms with E-state index in [2.05, 4.69) is 17.6 Å². The Morgan fingerprint density at radius 3 is 2.69 bits per heavy atom. The van der Waals surface area contributed by atoms with Crippen molar-refractivity contribution in [3.05, 3.63) is 0 Å². The van der Waals surface area contributed by atoms with Crippen molar-refractivity contribution in [2.75, 3.05) is 24.6 Å². The van der Waals surface area contributed by atoms with Gasteiger partial charge in [-0.05, 0) is 44.2 Å². The average molecular weight is 265 g/mol. The number of hydrogen-bond donors (Lipinski definition) is 2. The minimum Gasteiger partial charge on any atom is -0.353 e. The van der Waals surface area contributed by atoms with Crippen molar-refractivity contribution in [3.8, 4) is 0 Å². The summed E-state index contributed by atoms with van der Waals surface area (Å²) in [6.07, 6.45) is 3.25. The highest BCUT2D eigenvalue weighted by Gasteiger charge is 2.37. The van der Waals surface area contributed by atoms with Gasteiger partial charge >= 0.3 is 0 Å². The first-order valence-electron chi connectivity index (χ1n) is 5.80. The van der Waals surface area contributed by atoms with E-state index in [4.69, 9.17) is 0 Å². The molecular weight excluding hydrogens is 244 g/mol. The summed E-state index contributed by atoms with van der Waals surface area (Å²) in [5.74, 6) is 2.64. The lowest BCUT2D eigenvalue weighted by molar-refractivity contribution is -0.130. The van der Waals surface area contributed by atoms with Crippen LogP contribution in [0.5, 0.6) is 0 Å². The Kier molecular flexibility index (Phi) is 5.41. The fraction of sp³-hybridized carbons (Fsp3) is 0.909. The quantitative estimate of drug-likeness (QED) is 0.793. The summed E-state index contributed by atoms with van der Waals surface area (Å²) >= 11 is 1.99. The molecule has 0 spiro atoms. The van der Waals surface area contributed by atoms with Crippen LogP contribution in [0, 0.1) is 5.41 Å². The Balaban J connectivity index is 0.00000128. The Morgan fingerprint density at radius 1 is 1.44 bits per heavy atom. The van der Waals surface area contributed by atoms with E-state index in [1.54, 1.807) is 0 Å². The second kappa shape index (κ2) is 6.12. The molecule has 1 atom stereocenters. The largest absolute Gasteiger partial charge is 0.353 e. The molecule has 5 heteroatoms. The van der Waals surface area contributed by atoms with E-state index in [1.165, 1.54) is 11.5 Å². The molecule has 2 rings (SSSR count). The van der Waals surface area contributed by atoms with Gasteiger partial charge in [0.1, 0.15) is 0 Å². The van der Waals surface area contributed by atoms with Crippen LogP contribution in [0.2, 0.25) is 0 Å². The summed E-state index contributed by atoms with van der Waals surface area (Å²) in [6, 6.07) is 0.427. The lowest BCUT2D eigenvalue weighted by Gasteiger charge is -2.28. The maximum absolute atomic E-state index is 12.1. The molecule has 1 amide bonds. The summed E-state index contributed by atoms with van der Waals surface area (Å²) in [5, 5.41) is 6.48. The summed E-state index contributed by atoms with van der Waals surface area (Å²) < 4.78 is 0. The lowest BCUT2D eigenvalue weighted by Crippen LogP contribution is -2.46. The molecule has 16 heavy (non-hydrogen) atoms. The first-order valence-corrected chi connectivity index (χ1v) is 6.96. The second-order valence-corrected chi connectivity index (χ2v) is 6.07. The monoisotopic (exact) mass is 264 g/mol. The topological polar surface area (TPSA) is 41.1 Å². The van der Waals surface area contributed by atoms with Crippen LogP contribution in [0.15, 0.2) is 0 Å². The highest BCUT2D eigenvalue weighted by Crippen LogP contribution is 2.26. The smallest absolute Gasteiger partial charge is 0.227 e. The van der Waals surface area contributed by atoms with Gasteiger partial charge in [0, 0.05) is 12.6 Å². The van der Waals surface area contributed by atoms with Gasteiger partial charge in [-0.15, -0.1) is 12.4 Å². The third-order valence-electron chi connectivity index (χ3n) is 3.47. The maximum atomic E-state index is 12.1. The average Bonchev–Trinajstić information content (AvgIpc) is 2.68. The molecule has 2 N–H and O–H groups in total. The van der Waals surface area contributed by atoms with Gasteiger partial charge in [-0.2, -0.15) is 11.8 Å². The minimum atomic E-state index is -0.162.